The average molecular weight is 358 g/mol. The fourth-order valence-corrected chi connectivity index (χ4v) is 2.24. The monoisotopic (exact) mass is 358 g/mol. The number of hydrogen-bond donors (Lipinski definition) is 1. The lowest BCUT2D eigenvalue weighted by Crippen LogP contribution is -2.34. The van der Waals surface area contributed by atoms with E-state index in [2.05, 4.69) is 10.1 Å². The molecule has 9 heteroatoms. The van der Waals surface area contributed by atoms with Crippen LogP contribution in [0.5, 0.6) is 5.75 Å². The molecule has 0 unspecified atom stereocenters. The highest BCUT2D eigenvalue weighted by Gasteiger charge is 2.29. The van der Waals surface area contributed by atoms with Gasteiger partial charge >= 0.3 is 6.18 Å². The first-order valence-electron chi connectivity index (χ1n) is 7.63. The molecule has 0 atom stereocenters. The minimum Gasteiger partial charge on any atom is -0.484 e. The molecular formula is C16H17F3N2O4. The first-order valence-corrected chi connectivity index (χ1v) is 7.63. The first-order chi connectivity index (χ1) is 11.7. The highest BCUT2D eigenvalue weighted by atomic mass is 19.4. The number of nitrogens with one attached hydrogen (secondary N) is 1. The SMILES string of the molecule is O=C(CCN1C(=O)CCC1=O)NCc1ccc(OCC(F)(F)F)cc1. The molecule has 25 heavy (non-hydrogen) atoms. The second kappa shape index (κ2) is 8.00. The summed E-state index contributed by atoms with van der Waals surface area (Å²) in [6.45, 7) is -1.13. The maximum atomic E-state index is 12.0. The number of rotatable bonds is 7. The largest absolute Gasteiger partial charge is 0.484 e. The minimum absolute atomic E-state index is 0.00422. The van der Waals surface area contributed by atoms with E-state index in [4.69, 9.17) is 0 Å². The molecule has 0 spiro atoms. The molecule has 0 aliphatic carbocycles. The predicted molar refractivity (Wildman–Crippen MR) is 80.4 cm³/mol. The van der Waals surface area contributed by atoms with Crippen molar-refractivity contribution >= 4 is 17.7 Å². The number of carbonyl (C=O) groups is 3. The van der Waals surface area contributed by atoms with Gasteiger partial charge in [0.2, 0.25) is 17.7 Å². The van der Waals surface area contributed by atoms with Crippen LogP contribution in [0.2, 0.25) is 0 Å². The second-order valence-electron chi connectivity index (χ2n) is 5.51. The highest BCUT2D eigenvalue weighted by molar-refractivity contribution is 6.02. The molecule has 1 N–H and O–H groups in total. The van der Waals surface area contributed by atoms with E-state index in [-0.39, 0.29) is 55.8 Å². The van der Waals surface area contributed by atoms with Crippen LogP contribution < -0.4 is 10.1 Å². The molecular weight excluding hydrogens is 341 g/mol. The number of benzene rings is 1. The summed E-state index contributed by atoms with van der Waals surface area (Å²) < 4.78 is 40.7. The number of alkyl halides is 3. The molecule has 0 saturated carbocycles. The van der Waals surface area contributed by atoms with Gasteiger partial charge in [0.15, 0.2) is 6.61 Å². The molecule has 1 saturated heterocycles. The van der Waals surface area contributed by atoms with Crippen LogP contribution in [0.1, 0.15) is 24.8 Å². The van der Waals surface area contributed by atoms with E-state index in [9.17, 15) is 27.6 Å². The van der Waals surface area contributed by atoms with Crippen molar-refractivity contribution in [2.24, 2.45) is 0 Å². The summed E-state index contributed by atoms with van der Waals surface area (Å²) >= 11 is 0. The van der Waals surface area contributed by atoms with Gasteiger partial charge in [-0.3, -0.25) is 19.3 Å². The maximum Gasteiger partial charge on any atom is 0.422 e. The molecule has 1 aliphatic heterocycles. The molecule has 0 radical (unpaired) electrons. The Labute approximate surface area is 141 Å². The quantitative estimate of drug-likeness (QED) is 0.754. The van der Waals surface area contributed by atoms with Crippen molar-refractivity contribution in [3.05, 3.63) is 29.8 Å². The van der Waals surface area contributed by atoms with Crippen LogP contribution in [0.3, 0.4) is 0 Å². The molecule has 1 aromatic carbocycles. The van der Waals surface area contributed by atoms with Crippen molar-refractivity contribution in [2.75, 3.05) is 13.2 Å². The summed E-state index contributed by atoms with van der Waals surface area (Å²) in [5.74, 6) is -0.789. The molecule has 6 nitrogen and oxygen atoms in total. The third-order valence-electron chi connectivity index (χ3n) is 3.53. The van der Waals surface area contributed by atoms with Gasteiger partial charge in [-0.15, -0.1) is 0 Å². The van der Waals surface area contributed by atoms with E-state index < -0.39 is 12.8 Å². The normalized spacial score (nSPS) is 14.8. The summed E-state index contributed by atoms with van der Waals surface area (Å²) in [6, 6.07) is 5.85. The van der Waals surface area contributed by atoms with E-state index in [1.165, 1.54) is 12.1 Å². The number of amides is 3. The maximum absolute atomic E-state index is 12.0. The summed E-state index contributed by atoms with van der Waals surface area (Å²) in [5.41, 5.74) is 0.682. The smallest absolute Gasteiger partial charge is 0.422 e. The summed E-state index contributed by atoms with van der Waals surface area (Å²) in [4.78, 5) is 35.7. The van der Waals surface area contributed by atoms with Gasteiger partial charge < -0.3 is 10.1 Å². The summed E-state index contributed by atoms with van der Waals surface area (Å²) in [7, 11) is 0. The number of nitrogens with zero attached hydrogens (tertiary/aromatic N) is 1. The van der Waals surface area contributed by atoms with Crippen LogP contribution in [0.15, 0.2) is 24.3 Å². The Balaban J connectivity index is 1.72. The lowest BCUT2D eigenvalue weighted by Gasteiger charge is -2.13. The zero-order valence-corrected chi connectivity index (χ0v) is 13.3. The van der Waals surface area contributed by atoms with Gasteiger partial charge in [0.1, 0.15) is 5.75 Å². The van der Waals surface area contributed by atoms with Crippen molar-refractivity contribution in [1.29, 1.82) is 0 Å². The molecule has 0 aromatic heterocycles. The third kappa shape index (κ3) is 6.09. The van der Waals surface area contributed by atoms with Gasteiger partial charge in [0.25, 0.3) is 0 Å². The molecule has 3 amide bonds. The Morgan fingerprint density at radius 1 is 1.12 bits per heavy atom. The van der Waals surface area contributed by atoms with Crippen LogP contribution in [-0.4, -0.2) is 41.9 Å². The van der Waals surface area contributed by atoms with Crippen LogP contribution in [-0.2, 0) is 20.9 Å². The van der Waals surface area contributed by atoms with Crippen LogP contribution in [0.4, 0.5) is 13.2 Å². The molecule has 1 aromatic rings. The Hall–Kier alpha value is -2.58. The van der Waals surface area contributed by atoms with Gasteiger partial charge in [-0.25, -0.2) is 0 Å². The molecule has 1 aliphatic rings. The highest BCUT2D eigenvalue weighted by Crippen LogP contribution is 2.18. The Bertz CT molecular complexity index is 628. The lowest BCUT2D eigenvalue weighted by molar-refractivity contribution is -0.153. The number of ether oxygens (including phenoxy) is 1. The molecule has 1 fully saturated rings. The number of carbonyl (C=O) groups excluding carboxylic acids is 3. The lowest BCUT2D eigenvalue weighted by atomic mass is 10.2. The van der Waals surface area contributed by atoms with Crippen molar-refractivity contribution in [1.82, 2.24) is 10.2 Å². The van der Waals surface area contributed by atoms with Crippen molar-refractivity contribution in [2.45, 2.75) is 32.0 Å². The number of hydrogen-bond acceptors (Lipinski definition) is 4. The fourth-order valence-electron chi connectivity index (χ4n) is 2.24. The molecule has 0 bridgehead atoms. The van der Waals surface area contributed by atoms with Crippen molar-refractivity contribution in [3.63, 3.8) is 0 Å². The van der Waals surface area contributed by atoms with E-state index in [1.54, 1.807) is 12.1 Å². The zero-order chi connectivity index (χ0) is 18.4. The number of halogens is 3. The van der Waals surface area contributed by atoms with Gasteiger partial charge in [-0.05, 0) is 17.7 Å². The average Bonchev–Trinajstić information content (AvgIpc) is 2.87. The van der Waals surface area contributed by atoms with Gasteiger partial charge in [-0.1, -0.05) is 12.1 Å². The van der Waals surface area contributed by atoms with Gasteiger partial charge in [0.05, 0.1) is 0 Å². The second-order valence-corrected chi connectivity index (χ2v) is 5.51. The van der Waals surface area contributed by atoms with E-state index in [0.717, 1.165) is 4.90 Å². The van der Waals surface area contributed by atoms with Crippen LogP contribution >= 0.6 is 0 Å². The Kier molecular flexibility index (Phi) is 6.00. The molecule has 1 heterocycles. The number of likely N-dealkylation sites (tertiary alicyclic amines) is 1. The van der Waals surface area contributed by atoms with E-state index in [1.807, 2.05) is 0 Å². The topological polar surface area (TPSA) is 75.7 Å². The van der Waals surface area contributed by atoms with Crippen molar-refractivity contribution in [3.8, 4) is 5.75 Å². The predicted octanol–water partition coefficient (Wildman–Crippen LogP) is 1.78. The zero-order valence-electron chi connectivity index (χ0n) is 13.3. The first kappa shape index (κ1) is 18.8. The third-order valence-corrected chi connectivity index (χ3v) is 3.53. The standard InChI is InChI=1S/C16H17F3N2O4/c17-16(18,19)10-25-12-3-1-11(2-4-12)9-20-13(22)7-8-21-14(23)5-6-15(21)24/h1-4H,5-10H2,(H,20,22). The van der Waals surface area contributed by atoms with E-state index in [0.29, 0.717) is 5.56 Å². The molecule has 2 rings (SSSR count). The summed E-state index contributed by atoms with van der Waals surface area (Å²) in [6.07, 6.45) is -4.03. The number of imide groups is 1. The summed E-state index contributed by atoms with van der Waals surface area (Å²) in [5, 5.41) is 2.62. The van der Waals surface area contributed by atoms with E-state index >= 15 is 0 Å². The molecule has 136 valence electrons. The van der Waals surface area contributed by atoms with Crippen molar-refractivity contribution < 1.29 is 32.3 Å². The van der Waals surface area contributed by atoms with Gasteiger partial charge in [0, 0.05) is 32.4 Å². The van der Waals surface area contributed by atoms with Crippen LogP contribution in [0, 0.1) is 0 Å². The Morgan fingerprint density at radius 3 is 2.28 bits per heavy atom. The van der Waals surface area contributed by atoms with Crippen LogP contribution in [0.25, 0.3) is 0 Å². The van der Waals surface area contributed by atoms with Gasteiger partial charge in [-0.2, -0.15) is 13.2 Å². The Morgan fingerprint density at radius 2 is 1.72 bits per heavy atom. The fraction of sp³-hybridized carbons (Fsp3) is 0.438. The minimum atomic E-state index is -4.40.